The Morgan fingerprint density at radius 1 is 1.50 bits per heavy atom. The van der Waals surface area contributed by atoms with E-state index in [-0.39, 0.29) is 0 Å². The molecular formula is C14H20N4OS. The molecule has 1 aliphatic rings. The zero-order valence-electron chi connectivity index (χ0n) is 12.0. The molecule has 20 heavy (non-hydrogen) atoms. The Morgan fingerprint density at radius 2 is 2.40 bits per heavy atom. The lowest BCUT2D eigenvalue weighted by Gasteiger charge is -2.31. The molecule has 0 saturated carbocycles. The maximum Gasteiger partial charge on any atom is 0.107 e. The SMILES string of the molecule is CCOC[C@@H]1CN(Cc2nccs2)Cc2cn(C)nc21. The van der Waals surface area contributed by atoms with Gasteiger partial charge in [0.25, 0.3) is 0 Å². The fraction of sp³-hybridized carbons (Fsp3) is 0.571. The predicted molar refractivity (Wildman–Crippen MR) is 78.7 cm³/mol. The van der Waals surface area contributed by atoms with E-state index in [1.165, 1.54) is 16.3 Å². The molecule has 108 valence electrons. The molecule has 0 radical (unpaired) electrons. The summed E-state index contributed by atoms with van der Waals surface area (Å²) in [4.78, 5) is 6.82. The molecule has 3 rings (SSSR count). The Labute approximate surface area is 123 Å². The van der Waals surface area contributed by atoms with Crippen LogP contribution in [0.25, 0.3) is 0 Å². The van der Waals surface area contributed by atoms with Gasteiger partial charge in [0.05, 0.1) is 18.8 Å². The van der Waals surface area contributed by atoms with Crippen LogP contribution in [-0.4, -0.2) is 39.4 Å². The van der Waals surface area contributed by atoms with Gasteiger partial charge in [-0.15, -0.1) is 11.3 Å². The summed E-state index contributed by atoms with van der Waals surface area (Å²) >= 11 is 1.72. The second-order valence-corrected chi connectivity index (χ2v) is 6.14. The summed E-state index contributed by atoms with van der Waals surface area (Å²) < 4.78 is 7.55. The maximum absolute atomic E-state index is 5.63. The van der Waals surface area contributed by atoms with Gasteiger partial charge in [-0.25, -0.2) is 4.98 Å². The van der Waals surface area contributed by atoms with Gasteiger partial charge < -0.3 is 4.74 Å². The van der Waals surface area contributed by atoms with E-state index in [0.717, 1.165) is 32.8 Å². The van der Waals surface area contributed by atoms with Crippen LogP contribution in [0.1, 0.15) is 29.1 Å². The van der Waals surface area contributed by atoms with Crippen molar-refractivity contribution in [2.24, 2.45) is 7.05 Å². The van der Waals surface area contributed by atoms with Gasteiger partial charge in [-0.3, -0.25) is 9.58 Å². The standard InChI is InChI=1S/C14H20N4OS/c1-3-19-10-12-8-18(9-13-15-4-5-20-13)7-11-6-17(2)16-14(11)12/h4-6,12H,3,7-10H2,1-2H3/t12-/m0/s1. The predicted octanol–water partition coefficient (Wildman–Crippen LogP) is 2.01. The second kappa shape index (κ2) is 6.03. The van der Waals surface area contributed by atoms with Crippen LogP contribution in [0.5, 0.6) is 0 Å². The van der Waals surface area contributed by atoms with Crippen molar-refractivity contribution in [3.63, 3.8) is 0 Å². The molecule has 6 heteroatoms. The number of aryl methyl sites for hydroxylation is 1. The molecule has 2 aromatic heterocycles. The van der Waals surface area contributed by atoms with Gasteiger partial charge in [0.1, 0.15) is 5.01 Å². The number of nitrogens with zero attached hydrogens (tertiary/aromatic N) is 4. The number of thiazole rings is 1. The van der Waals surface area contributed by atoms with E-state index in [4.69, 9.17) is 4.74 Å². The van der Waals surface area contributed by atoms with Crippen molar-refractivity contribution in [1.82, 2.24) is 19.7 Å². The average molecular weight is 292 g/mol. The van der Waals surface area contributed by atoms with Crippen molar-refractivity contribution in [2.75, 3.05) is 19.8 Å². The van der Waals surface area contributed by atoms with E-state index in [2.05, 4.69) is 21.2 Å². The molecule has 0 saturated heterocycles. The third-order valence-electron chi connectivity index (χ3n) is 3.56. The lowest BCUT2D eigenvalue weighted by Crippen LogP contribution is -2.34. The van der Waals surface area contributed by atoms with Crippen LogP contribution in [0.15, 0.2) is 17.8 Å². The molecule has 0 aromatic carbocycles. The summed E-state index contributed by atoms with van der Waals surface area (Å²) in [6, 6.07) is 0. The smallest absolute Gasteiger partial charge is 0.107 e. The number of ether oxygens (including phenoxy) is 1. The lowest BCUT2D eigenvalue weighted by molar-refractivity contribution is 0.104. The van der Waals surface area contributed by atoms with Crippen LogP contribution in [0.4, 0.5) is 0 Å². The van der Waals surface area contributed by atoms with Crippen molar-refractivity contribution >= 4 is 11.3 Å². The minimum Gasteiger partial charge on any atom is -0.381 e. The van der Waals surface area contributed by atoms with Gasteiger partial charge in [0, 0.05) is 56.0 Å². The normalized spacial score (nSPS) is 19.2. The second-order valence-electron chi connectivity index (χ2n) is 5.17. The van der Waals surface area contributed by atoms with E-state index >= 15 is 0 Å². The number of hydrogen-bond acceptors (Lipinski definition) is 5. The third-order valence-corrected chi connectivity index (χ3v) is 4.33. The van der Waals surface area contributed by atoms with Gasteiger partial charge in [-0.05, 0) is 6.92 Å². The first-order valence-electron chi connectivity index (χ1n) is 6.97. The molecule has 0 N–H and O–H groups in total. The highest BCUT2D eigenvalue weighted by atomic mass is 32.1. The Bertz CT molecular complexity index is 552. The van der Waals surface area contributed by atoms with E-state index in [9.17, 15) is 0 Å². The van der Waals surface area contributed by atoms with Crippen molar-refractivity contribution in [2.45, 2.75) is 25.9 Å². The first kappa shape index (κ1) is 13.7. The number of hydrogen-bond donors (Lipinski definition) is 0. The van der Waals surface area contributed by atoms with Gasteiger partial charge in [-0.1, -0.05) is 0 Å². The maximum atomic E-state index is 5.63. The van der Waals surface area contributed by atoms with Crippen LogP contribution >= 0.6 is 11.3 Å². The lowest BCUT2D eigenvalue weighted by atomic mass is 9.97. The zero-order chi connectivity index (χ0) is 13.9. The molecule has 0 aliphatic carbocycles. The monoisotopic (exact) mass is 292 g/mol. The van der Waals surface area contributed by atoms with Crippen molar-refractivity contribution < 1.29 is 4.74 Å². The largest absolute Gasteiger partial charge is 0.381 e. The molecule has 1 aliphatic heterocycles. The molecule has 3 heterocycles. The molecule has 0 unspecified atom stereocenters. The number of fused-ring (bicyclic) bond motifs is 1. The zero-order valence-corrected chi connectivity index (χ0v) is 12.8. The fourth-order valence-corrected chi connectivity index (χ4v) is 3.42. The molecule has 0 amide bonds. The number of aromatic nitrogens is 3. The first-order chi connectivity index (χ1) is 9.76. The minimum atomic E-state index is 0.361. The van der Waals surface area contributed by atoms with E-state index < -0.39 is 0 Å². The van der Waals surface area contributed by atoms with Crippen molar-refractivity contribution in [3.05, 3.63) is 34.0 Å². The van der Waals surface area contributed by atoms with Gasteiger partial charge in [-0.2, -0.15) is 5.10 Å². The van der Waals surface area contributed by atoms with Gasteiger partial charge >= 0.3 is 0 Å². The summed E-state index contributed by atoms with van der Waals surface area (Å²) in [7, 11) is 1.99. The summed E-state index contributed by atoms with van der Waals surface area (Å²) in [5.41, 5.74) is 2.52. The molecule has 5 nitrogen and oxygen atoms in total. The van der Waals surface area contributed by atoms with Gasteiger partial charge in [0.15, 0.2) is 0 Å². The van der Waals surface area contributed by atoms with Crippen LogP contribution in [0.2, 0.25) is 0 Å². The summed E-state index contributed by atoms with van der Waals surface area (Å²) in [6.07, 6.45) is 4.00. The van der Waals surface area contributed by atoms with E-state index in [1.807, 2.05) is 30.2 Å². The summed E-state index contributed by atoms with van der Waals surface area (Å²) in [6.45, 7) is 6.39. The van der Waals surface area contributed by atoms with Crippen LogP contribution in [0.3, 0.4) is 0 Å². The fourth-order valence-electron chi connectivity index (χ4n) is 2.76. The summed E-state index contributed by atoms with van der Waals surface area (Å²) in [5.74, 6) is 0.361. The van der Waals surface area contributed by atoms with Crippen LogP contribution in [-0.2, 0) is 24.9 Å². The Morgan fingerprint density at radius 3 is 3.15 bits per heavy atom. The number of rotatable bonds is 5. The highest BCUT2D eigenvalue weighted by Crippen LogP contribution is 2.28. The molecule has 0 bridgehead atoms. The minimum absolute atomic E-state index is 0.361. The van der Waals surface area contributed by atoms with Crippen LogP contribution < -0.4 is 0 Å². The van der Waals surface area contributed by atoms with E-state index in [0.29, 0.717) is 5.92 Å². The topological polar surface area (TPSA) is 43.2 Å². The third kappa shape index (κ3) is 2.92. The first-order valence-corrected chi connectivity index (χ1v) is 7.85. The average Bonchev–Trinajstić information content (AvgIpc) is 3.04. The molecular weight excluding hydrogens is 272 g/mol. The van der Waals surface area contributed by atoms with Crippen LogP contribution in [0, 0.1) is 0 Å². The highest BCUT2D eigenvalue weighted by molar-refractivity contribution is 7.09. The van der Waals surface area contributed by atoms with Gasteiger partial charge in [0.2, 0.25) is 0 Å². The molecule has 0 spiro atoms. The molecule has 1 atom stereocenters. The van der Waals surface area contributed by atoms with Crippen molar-refractivity contribution in [1.29, 1.82) is 0 Å². The van der Waals surface area contributed by atoms with Crippen molar-refractivity contribution in [3.8, 4) is 0 Å². The highest BCUT2D eigenvalue weighted by Gasteiger charge is 2.28. The summed E-state index contributed by atoms with van der Waals surface area (Å²) in [5, 5.41) is 7.82. The Hall–Kier alpha value is -1.24. The Balaban J connectivity index is 1.76. The Kier molecular flexibility index (Phi) is 4.14. The molecule has 2 aromatic rings. The molecule has 0 fully saturated rings. The van der Waals surface area contributed by atoms with E-state index in [1.54, 1.807) is 11.3 Å². The quantitative estimate of drug-likeness (QED) is 0.845.